The second kappa shape index (κ2) is 7.51. The summed E-state index contributed by atoms with van der Waals surface area (Å²) in [6, 6.07) is 8.59. The number of hydrogen-bond acceptors (Lipinski definition) is 5. The van der Waals surface area contributed by atoms with Crippen LogP contribution in [0, 0.1) is 6.92 Å². The van der Waals surface area contributed by atoms with Gasteiger partial charge in [0.15, 0.2) is 0 Å². The maximum Gasteiger partial charge on any atom is 0.322 e. The molecule has 2 aromatic rings. The third kappa shape index (κ3) is 4.53. The van der Waals surface area contributed by atoms with Crippen LogP contribution in [0.25, 0.3) is 0 Å². The van der Waals surface area contributed by atoms with Gasteiger partial charge in [-0.3, -0.25) is 4.79 Å². The highest BCUT2D eigenvalue weighted by Gasteiger charge is 2.12. The Morgan fingerprint density at radius 2 is 2.05 bits per heavy atom. The molecule has 1 heterocycles. The predicted molar refractivity (Wildman–Crippen MR) is 84.8 cm³/mol. The Labute approximate surface area is 129 Å². The molecule has 1 unspecified atom stereocenters. The fourth-order valence-corrected chi connectivity index (χ4v) is 1.86. The van der Waals surface area contributed by atoms with Crippen molar-refractivity contribution in [2.45, 2.75) is 32.7 Å². The zero-order valence-electron chi connectivity index (χ0n) is 12.7. The number of hydrogen-bond donors (Lipinski definition) is 2. The highest BCUT2D eigenvalue weighted by molar-refractivity contribution is 5.94. The molecule has 0 spiro atoms. The number of anilines is 1. The largest absolute Gasteiger partial charge is 0.424 e. The molecule has 0 saturated heterocycles. The number of carbonyl (C=O) groups is 1. The van der Waals surface area contributed by atoms with Gasteiger partial charge in [-0.25, -0.2) is 9.97 Å². The summed E-state index contributed by atoms with van der Waals surface area (Å²) in [4.78, 5) is 20.0. The van der Waals surface area contributed by atoms with Crippen LogP contribution >= 0.6 is 0 Å². The van der Waals surface area contributed by atoms with Gasteiger partial charge in [-0.1, -0.05) is 13.3 Å². The zero-order valence-corrected chi connectivity index (χ0v) is 12.7. The van der Waals surface area contributed by atoms with Crippen LogP contribution in [0.3, 0.4) is 0 Å². The second-order valence-electron chi connectivity index (χ2n) is 4.99. The predicted octanol–water partition coefficient (Wildman–Crippen LogP) is 2.64. The van der Waals surface area contributed by atoms with Crippen LogP contribution in [-0.4, -0.2) is 21.9 Å². The molecule has 0 saturated carbocycles. The van der Waals surface area contributed by atoms with E-state index in [0.29, 0.717) is 23.9 Å². The Balaban J connectivity index is 1.97. The van der Waals surface area contributed by atoms with Crippen molar-refractivity contribution in [1.29, 1.82) is 0 Å². The minimum Gasteiger partial charge on any atom is -0.424 e. The first-order valence-corrected chi connectivity index (χ1v) is 7.22. The molecular weight excluding hydrogens is 280 g/mol. The van der Waals surface area contributed by atoms with Gasteiger partial charge in [0.2, 0.25) is 5.91 Å². The van der Waals surface area contributed by atoms with Gasteiger partial charge in [0.1, 0.15) is 5.75 Å². The first-order chi connectivity index (χ1) is 10.6. The lowest BCUT2D eigenvalue weighted by atomic mass is 10.1. The molecule has 0 aliphatic rings. The Bertz CT molecular complexity index is 628. The van der Waals surface area contributed by atoms with Gasteiger partial charge in [0, 0.05) is 17.6 Å². The van der Waals surface area contributed by atoms with E-state index in [4.69, 9.17) is 10.5 Å². The molecule has 6 heteroatoms. The lowest BCUT2D eigenvalue weighted by Gasteiger charge is -2.11. The summed E-state index contributed by atoms with van der Waals surface area (Å²) < 4.78 is 5.55. The van der Waals surface area contributed by atoms with Gasteiger partial charge < -0.3 is 15.8 Å². The van der Waals surface area contributed by atoms with Crippen molar-refractivity contribution in [3.63, 3.8) is 0 Å². The molecule has 1 aromatic heterocycles. The standard InChI is InChI=1S/C16H20N4O2/c1-3-4-14(17)15(21)20-12-5-7-13(8-6-12)22-16-18-10-9-11(2)19-16/h5-10,14H,3-4,17H2,1-2H3,(H,20,21). The number of ether oxygens (including phenoxy) is 1. The molecule has 116 valence electrons. The van der Waals surface area contributed by atoms with Crippen LogP contribution in [0.4, 0.5) is 5.69 Å². The third-order valence-electron chi connectivity index (χ3n) is 3.04. The van der Waals surface area contributed by atoms with Crippen LogP contribution < -0.4 is 15.8 Å². The molecule has 0 bridgehead atoms. The lowest BCUT2D eigenvalue weighted by Crippen LogP contribution is -2.35. The Hall–Kier alpha value is -2.47. The summed E-state index contributed by atoms with van der Waals surface area (Å²) in [6.45, 7) is 3.86. The monoisotopic (exact) mass is 300 g/mol. The zero-order chi connectivity index (χ0) is 15.9. The SMILES string of the molecule is CCCC(N)C(=O)Nc1ccc(Oc2nccc(C)n2)cc1. The number of aryl methyl sites for hydroxylation is 1. The second-order valence-corrected chi connectivity index (χ2v) is 4.99. The van der Waals surface area contributed by atoms with Crippen LogP contribution in [0.5, 0.6) is 11.8 Å². The molecule has 2 rings (SSSR count). The fourth-order valence-electron chi connectivity index (χ4n) is 1.86. The number of rotatable bonds is 6. The van der Waals surface area contributed by atoms with E-state index in [2.05, 4.69) is 15.3 Å². The van der Waals surface area contributed by atoms with E-state index in [0.717, 1.165) is 12.1 Å². The minimum absolute atomic E-state index is 0.183. The van der Waals surface area contributed by atoms with Crippen molar-refractivity contribution in [3.05, 3.63) is 42.2 Å². The number of aromatic nitrogens is 2. The molecule has 3 N–H and O–H groups in total. The van der Waals surface area contributed by atoms with Gasteiger partial charge >= 0.3 is 6.01 Å². The fraction of sp³-hybridized carbons (Fsp3) is 0.312. The normalized spacial score (nSPS) is 11.8. The molecule has 1 aromatic carbocycles. The topological polar surface area (TPSA) is 90.1 Å². The van der Waals surface area contributed by atoms with Crippen molar-refractivity contribution in [2.75, 3.05) is 5.32 Å². The summed E-state index contributed by atoms with van der Waals surface area (Å²) in [5.41, 5.74) is 7.28. The van der Waals surface area contributed by atoms with E-state index in [1.54, 1.807) is 36.5 Å². The van der Waals surface area contributed by atoms with Crippen molar-refractivity contribution in [2.24, 2.45) is 5.73 Å². The maximum atomic E-state index is 11.8. The molecule has 0 radical (unpaired) electrons. The quantitative estimate of drug-likeness (QED) is 0.856. The smallest absolute Gasteiger partial charge is 0.322 e. The average molecular weight is 300 g/mol. The first-order valence-electron chi connectivity index (χ1n) is 7.22. The van der Waals surface area contributed by atoms with Gasteiger partial charge in [0.05, 0.1) is 6.04 Å². The van der Waals surface area contributed by atoms with Crippen LogP contribution in [0.1, 0.15) is 25.5 Å². The van der Waals surface area contributed by atoms with Crippen molar-refractivity contribution in [3.8, 4) is 11.8 Å². The third-order valence-corrected chi connectivity index (χ3v) is 3.04. The summed E-state index contributed by atoms with van der Waals surface area (Å²) in [6.07, 6.45) is 3.18. The molecule has 0 aliphatic carbocycles. The van der Waals surface area contributed by atoms with Crippen molar-refractivity contribution < 1.29 is 9.53 Å². The highest BCUT2D eigenvalue weighted by atomic mass is 16.5. The summed E-state index contributed by atoms with van der Waals surface area (Å²) in [5, 5.41) is 2.78. The number of benzene rings is 1. The number of nitrogens with two attached hydrogens (primary N) is 1. The first kappa shape index (κ1) is 15.9. The Kier molecular flexibility index (Phi) is 5.43. The number of amides is 1. The van der Waals surface area contributed by atoms with E-state index in [1.165, 1.54) is 0 Å². The van der Waals surface area contributed by atoms with Gasteiger partial charge in [0.25, 0.3) is 0 Å². The van der Waals surface area contributed by atoms with E-state index in [-0.39, 0.29) is 5.91 Å². The Morgan fingerprint density at radius 3 is 2.68 bits per heavy atom. The van der Waals surface area contributed by atoms with E-state index >= 15 is 0 Å². The van der Waals surface area contributed by atoms with Gasteiger partial charge in [-0.2, -0.15) is 0 Å². The van der Waals surface area contributed by atoms with Gasteiger partial charge in [-0.15, -0.1) is 0 Å². The van der Waals surface area contributed by atoms with E-state index < -0.39 is 6.04 Å². The van der Waals surface area contributed by atoms with Crippen LogP contribution in [0.15, 0.2) is 36.5 Å². The van der Waals surface area contributed by atoms with Crippen molar-refractivity contribution in [1.82, 2.24) is 9.97 Å². The number of nitrogens with one attached hydrogen (secondary N) is 1. The molecule has 0 fully saturated rings. The highest BCUT2D eigenvalue weighted by Crippen LogP contribution is 2.20. The number of carbonyl (C=O) groups excluding carboxylic acids is 1. The lowest BCUT2D eigenvalue weighted by molar-refractivity contribution is -0.117. The molecule has 6 nitrogen and oxygen atoms in total. The summed E-state index contributed by atoms with van der Waals surface area (Å²) in [7, 11) is 0. The molecule has 0 aliphatic heterocycles. The van der Waals surface area contributed by atoms with E-state index in [1.807, 2.05) is 13.8 Å². The minimum atomic E-state index is -0.485. The molecular formula is C16H20N4O2. The summed E-state index contributed by atoms with van der Waals surface area (Å²) in [5.74, 6) is 0.416. The maximum absolute atomic E-state index is 11.8. The van der Waals surface area contributed by atoms with E-state index in [9.17, 15) is 4.79 Å². The molecule has 1 atom stereocenters. The Morgan fingerprint density at radius 1 is 1.32 bits per heavy atom. The molecule has 22 heavy (non-hydrogen) atoms. The van der Waals surface area contributed by atoms with Crippen molar-refractivity contribution >= 4 is 11.6 Å². The summed E-state index contributed by atoms with van der Waals surface area (Å²) >= 11 is 0. The van der Waals surface area contributed by atoms with Gasteiger partial charge in [-0.05, 0) is 43.7 Å². The van der Waals surface area contributed by atoms with Crippen LogP contribution in [-0.2, 0) is 4.79 Å². The molecule has 1 amide bonds. The average Bonchev–Trinajstić information content (AvgIpc) is 2.49. The van der Waals surface area contributed by atoms with Crippen LogP contribution in [0.2, 0.25) is 0 Å². The number of nitrogens with zero attached hydrogens (tertiary/aromatic N) is 2.